The lowest BCUT2D eigenvalue weighted by Crippen LogP contribution is -2.05. The van der Waals surface area contributed by atoms with Gasteiger partial charge >= 0.3 is 0 Å². The van der Waals surface area contributed by atoms with Crippen LogP contribution in [0, 0.1) is 5.82 Å². The van der Waals surface area contributed by atoms with Crippen LogP contribution in [0.25, 0.3) is 10.8 Å². The van der Waals surface area contributed by atoms with Crippen molar-refractivity contribution in [3.05, 3.63) is 76.5 Å². The van der Waals surface area contributed by atoms with Gasteiger partial charge in [0.05, 0.1) is 0 Å². The minimum Gasteiger partial charge on any atom is -0.611 e. The summed E-state index contributed by atoms with van der Waals surface area (Å²) in [5.41, 5.74) is 0.866. The van der Waals surface area contributed by atoms with Crippen molar-refractivity contribution in [2.45, 2.75) is 10.6 Å². The molecule has 0 bridgehead atoms. The van der Waals surface area contributed by atoms with Crippen molar-refractivity contribution in [1.82, 2.24) is 0 Å². The van der Waals surface area contributed by atoms with Gasteiger partial charge in [0.1, 0.15) is 11.6 Å². The number of fused-ring (bicyclic) bond motifs is 1. The van der Waals surface area contributed by atoms with Crippen molar-refractivity contribution in [3.63, 3.8) is 0 Å². The standard InChI is InChI=1S/C17H12BrFOS/c18-15-5-3-14-10-17(8-4-13(14)9-15)21(20)11-12-1-6-16(19)7-2-12/h1-10H,11H2. The van der Waals surface area contributed by atoms with Gasteiger partial charge in [-0.2, -0.15) is 0 Å². The second-order valence-electron chi connectivity index (χ2n) is 4.77. The highest BCUT2D eigenvalue weighted by molar-refractivity contribution is 9.10. The molecule has 1 atom stereocenters. The Labute approximate surface area is 134 Å². The maximum absolute atomic E-state index is 12.9. The van der Waals surface area contributed by atoms with Gasteiger partial charge in [-0.05, 0) is 58.3 Å². The molecule has 0 N–H and O–H groups in total. The van der Waals surface area contributed by atoms with Crippen LogP contribution >= 0.6 is 15.9 Å². The topological polar surface area (TPSA) is 23.1 Å². The summed E-state index contributed by atoms with van der Waals surface area (Å²) in [7, 11) is 0. The molecule has 0 saturated carbocycles. The van der Waals surface area contributed by atoms with Crippen LogP contribution in [0.5, 0.6) is 0 Å². The third-order valence-electron chi connectivity index (χ3n) is 3.25. The molecule has 0 aliphatic carbocycles. The maximum atomic E-state index is 12.9. The monoisotopic (exact) mass is 362 g/mol. The third-order valence-corrected chi connectivity index (χ3v) is 5.12. The summed E-state index contributed by atoms with van der Waals surface area (Å²) in [4.78, 5) is 0.786. The van der Waals surface area contributed by atoms with Gasteiger partial charge in [-0.25, -0.2) is 4.39 Å². The predicted molar refractivity (Wildman–Crippen MR) is 88.2 cm³/mol. The Morgan fingerprint density at radius 2 is 1.57 bits per heavy atom. The molecular formula is C17H12BrFOS. The number of benzene rings is 3. The summed E-state index contributed by atoms with van der Waals surface area (Å²) in [6.07, 6.45) is 0. The highest BCUT2D eigenvalue weighted by atomic mass is 79.9. The number of hydrogen-bond donors (Lipinski definition) is 0. The van der Waals surface area contributed by atoms with Gasteiger partial charge in [0.25, 0.3) is 0 Å². The average Bonchev–Trinajstić information content (AvgIpc) is 2.49. The summed E-state index contributed by atoms with van der Waals surface area (Å²) in [6.45, 7) is 0. The highest BCUT2D eigenvalue weighted by Crippen LogP contribution is 2.24. The van der Waals surface area contributed by atoms with Crippen molar-refractivity contribution < 1.29 is 8.94 Å². The number of hydrogen-bond acceptors (Lipinski definition) is 1. The van der Waals surface area contributed by atoms with Crippen LogP contribution in [0.15, 0.2) is 70.0 Å². The van der Waals surface area contributed by atoms with Gasteiger partial charge in [-0.3, -0.25) is 0 Å². The van der Waals surface area contributed by atoms with E-state index in [0.29, 0.717) is 5.75 Å². The molecule has 0 radical (unpaired) electrons. The van der Waals surface area contributed by atoms with E-state index in [2.05, 4.69) is 15.9 Å². The van der Waals surface area contributed by atoms with Gasteiger partial charge in [0.15, 0.2) is 4.90 Å². The van der Waals surface area contributed by atoms with Crippen molar-refractivity contribution in [1.29, 1.82) is 0 Å². The first-order valence-corrected chi connectivity index (χ1v) is 8.55. The lowest BCUT2D eigenvalue weighted by molar-refractivity contribution is 0.594. The summed E-state index contributed by atoms with van der Waals surface area (Å²) >= 11 is 2.30. The van der Waals surface area contributed by atoms with Gasteiger partial charge in [0.2, 0.25) is 0 Å². The van der Waals surface area contributed by atoms with Crippen LogP contribution in [-0.2, 0) is 16.9 Å². The molecule has 0 aromatic heterocycles. The number of halogens is 2. The predicted octanol–water partition coefficient (Wildman–Crippen LogP) is 5.05. The third kappa shape index (κ3) is 3.46. The van der Waals surface area contributed by atoms with Crippen LogP contribution < -0.4 is 0 Å². The molecular weight excluding hydrogens is 351 g/mol. The lowest BCUT2D eigenvalue weighted by Gasteiger charge is -2.11. The average molecular weight is 363 g/mol. The molecule has 4 heteroatoms. The first-order valence-electron chi connectivity index (χ1n) is 6.44. The zero-order valence-corrected chi connectivity index (χ0v) is 13.5. The van der Waals surface area contributed by atoms with E-state index < -0.39 is 11.2 Å². The Balaban J connectivity index is 1.85. The van der Waals surface area contributed by atoms with Crippen LogP contribution in [-0.4, -0.2) is 4.55 Å². The number of rotatable bonds is 3. The molecule has 0 amide bonds. The fourth-order valence-electron chi connectivity index (χ4n) is 2.15. The molecule has 1 unspecified atom stereocenters. The Morgan fingerprint density at radius 3 is 2.33 bits per heavy atom. The SMILES string of the molecule is [O-][S+](Cc1ccc(F)cc1)c1ccc2cc(Br)ccc2c1. The Bertz CT molecular complexity index is 773. The van der Waals surface area contributed by atoms with E-state index in [1.165, 1.54) is 12.1 Å². The molecule has 0 saturated heterocycles. The van der Waals surface area contributed by atoms with Gasteiger partial charge in [-0.1, -0.05) is 34.1 Å². The Morgan fingerprint density at radius 1 is 0.905 bits per heavy atom. The van der Waals surface area contributed by atoms with E-state index in [0.717, 1.165) is 25.7 Å². The van der Waals surface area contributed by atoms with Gasteiger partial charge < -0.3 is 4.55 Å². The molecule has 0 heterocycles. The Hall–Kier alpha value is -1.36. The molecule has 3 aromatic carbocycles. The molecule has 1 nitrogen and oxygen atoms in total. The summed E-state index contributed by atoms with van der Waals surface area (Å²) in [6, 6.07) is 17.9. The molecule has 0 aliphatic rings. The summed E-state index contributed by atoms with van der Waals surface area (Å²) in [5, 5.41) is 2.16. The van der Waals surface area contributed by atoms with E-state index in [1.807, 2.05) is 36.4 Å². The second-order valence-corrected chi connectivity index (χ2v) is 7.14. The Kier molecular flexibility index (Phi) is 4.29. The molecule has 0 aliphatic heterocycles. The largest absolute Gasteiger partial charge is 0.611 e. The molecule has 3 rings (SSSR count). The van der Waals surface area contributed by atoms with Crippen molar-refractivity contribution in [3.8, 4) is 0 Å². The van der Waals surface area contributed by atoms with Crippen LogP contribution in [0.4, 0.5) is 4.39 Å². The van der Waals surface area contributed by atoms with E-state index in [9.17, 15) is 8.94 Å². The van der Waals surface area contributed by atoms with Crippen LogP contribution in [0.2, 0.25) is 0 Å². The molecule has 21 heavy (non-hydrogen) atoms. The summed E-state index contributed by atoms with van der Waals surface area (Å²) < 4.78 is 26.3. The van der Waals surface area contributed by atoms with Crippen molar-refractivity contribution in [2.24, 2.45) is 0 Å². The first-order chi connectivity index (χ1) is 10.1. The van der Waals surface area contributed by atoms with E-state index in [1.54, 1.807) is 12.1 Å². The maximum Gasteiger partial charge on any atom is 0.153 e. The zero-order chi connectivity index (χ0) is 14.8. The van der Waals surface area contributed by atoms with E-state index in [4.69, 9.17) is 0 Å². The van der Waals surface area contributed by atoms with Crippen LogP contribution in [0.3, 0.4) is 0 Å². The van der Waals surface area contributed by atoms with Crippen LogP contribution in [0.1, 0.15) is 5.56 Å². The smallest absolute Gasteiger partial charge is 0.153 e. The van der Waals surface area contributed by atoms with E-state index >= 15 is 0 Å². The second kappa shape index (κ2) is 6.18. The fourth-order valence-corrected chi connectivity index (χ4v) is 3.67. The molecule has 106 valence electrons. The lowest BCUT2D eigenvalue weighted by atomic mass is 10.1. The first kappa shape index (κ1) is 14.6. The zero-order valence-electron chi connectivity index (χ0n) is 11.1. The minimum absolute atomic E-state index is 0.277. The van der Waals surface area contributed by atoms with Crippen molar-refractivity contribution >= 4 is 37.9 Å². The van der Waals surface area contributed by atoms with Gasteiger partial charge in [-0.15, -0.1) is 0 Å². The fraction of sp³-hybridized carbons (Fsp3) is 0.0588. The normalized spacial score (nSPS) is 12.5. The quantitative estimate of drug-likeness (QED) is 0.598. The molecule has 0 spiro atoms. The summed E-state index contributed by atoms with van der Waals surface area (Å²) in [5.74, 6) is 0.114. The minimum atomic E-state index is -1.14. The van der Waals surface area contributed by atoms with Crippen molar-refractivity contribution in [2.75, 3.05) is 0 Å². The van der Waals surface area contributed by atoms with E-state index in [-0.39, 0.29) is 5.82 Å². The van der Waals surface area contributed by atoms with Gasteiger partial charge in [0, 0.05) is 16.1 Å². The molecule has 0 fully saturated rings. The highest BCUT2D eigenvalue weighted by Gasteiger charge is 2.12. The molecule has 3 aromatic rings.